The first-order chi connectivity index (χ1) is 11.2. The molecular formula is C19H19N3O. The molecule has 0 amide bonds. The molecule has 0 bridgehead atoms. The molecule has 2 aromatic heterocycles. The van der Waals surface area contributed by atoms with Crippen molar-refractivity contribution in [3.63, 3.8) is 0 Å². The van der Waals surface area contributed by atoms with Gasteiger partial charge in [0.2, 0.25) is 0 Å². The van der Waals surface area contributed by atoms with Gasteiger partial charge in [-0.1, -0.05) is 18.2 Å². The fourth-order valence-corrected chi connectivity index (χ4v) is 3.53. The van der Waals surface area contributed by atoms with E-state index in [4.69, 9.17) is 0 Å². The van der Waals surface area contributed by atoms with E-state index >= 15 is 0 Å². The fraction of sp³-hybridized carbons (Fsp3) is 0.263. The number of carbonyl (C=O) groups excluding carboxylic acids is 1. The Morgan fingerprint density at radius 1 is 1.26 bits per heavy atom. The second-order valence-corrected chi connectivity index (χ2v) is 6.16. The zero-order chi connectivity index (χ0) is 16.0. The van der Waals surface area contributed by atoms with Gasteiger partial charge in [0.15, 0.2) is 5.78 Å². The number of fused-ring (bicyclic) bond motifs is 3. The second kappa shape index (κ2) is 5.23. The Morgan fingerprint density at radius 2 is 2.09 bits per heavy atom. The third-order valence-corrected chi connectivity index (χ3v) is 4.79. The summed E-state index contributed by atoms with van der Waals surface area (Å²) >= 11 is 0. The second-order valence-electron chi connectivity index (χ2n) is 6.16. The molecule has 3 aromatic rings. The van der Waals surface area contributed by atoms with Gasteiger partial charge in [-0.25, -0.2) is 4.98 Å². The number of rotatable bonds is 1. The van der Waals surface area contributed by atoms with Crippen molar-refractivity contribution in [1.29, 1.82) is 0 Å². The maximum absolute atomic E-state index is 13.2. The third-order valence-electron chi connectivity index (χ3n) is 4.79. The van der Waals surface area contributed by atoms with Gasteiger partial charge >= 0.3 is 0 Å². The number of benzene rings is 1. The number of hydrogen-bond acceptors (Lipinski definition) is 2. The van der Waals surface area contributed by atoms with E-state index in [1.807, 2.05) is 25.1 Å². The molecule has 0 radical (unpaired) electrons. The molecule has 4 heteroatoms. The lowest BCUT2D eigenvalue weighted by Crippen LogP contribution is -2.04. The largest absolute Gasteiger partial charge is 0.348 e. The summed E-state index contributed by atoms with van der Waals surface area (Å²) < 4.78 is 2.17. The van der Waals surface area contributed by atoms with Gasteiger partial charge in [0.25, 0.3) is 0 Å². The van der Waals surface area contributed by atoms with Crippen LogP contribution in [0.1, 0.15) is 40.3 Å². The van der Waals surface area contributed by atoms with Crippen molar-refractivity contribution in [3.05, 3.63) is 58.8 Å². The number of nitrogens with zero attached hydrogens (tertiary/aromatic N) is 2. The number of ketones is 1. The fourth-order valence-electron chi connectivity index (χ4n) is 3.53. The minimum Gasteiger partial charge on any atom is -0.348 e. The van der Waals surface area contributed by atoms with E-state index in [1.54, 1.807) is 6.33 Å². The van der Waals surface area contributed by atoms with E-state index in [0.29, 0.717) is 0 Å². The van der Waals surface area contributed by atoms with Crippen molar-refractivity contribution in [2.45, 2.75) is 26.2 Å². The highest BCUT2D eigenvalue weighted by atomic mass is 16.1. The lowest BCUT2D eigenvalue weighted by molar-refractivity contribution is 0.103. The lowest BCUT2D eigenvalue weighted by atomic mass is 9.99. The third kappa shape index (κ3) is 2.13. The van der Waals surface area contributed by atoms with Gasteiger partial charge in [-0.2, -0.15) is 0 Å². The normalized spacial score (nSPS) is 16.8. The predicted molar refractivity (Wildman–Crippen MR) is 91.5 cm³/mol. The van der Waals surface area contributed by atoms with Gasteiger partial charge in [0.1, 0.15) is 0 Å². The summed E-state index contributed by atoms with van der Waals surface area (Å²) in [5.41, 5.74) is 5.86. The van der Waals surface area contributed by atoms with E-state index in [2.05, 4.69) is 33.7 Å². The SMILES string of the molecule is Cc1[nH]cnc1/C=C1/CCCc2c(c3ccccc3n2C)C1=O. The number of aromatic nitrogens is 3. The highest BCUT2D eigenvalue weighted by Crippen LogP contribution is 2.33. The smallest absolute Gasteiger partial charge is 0.191 e. The molecule has 1 aliphatic rings. The summed E-state index contributed by atoms with van der Waals surface area (Å²) in [6, 6.07) is 8.16. The lowest BCUT2D eigenvalue weighted by Gasteiger charge is -2.03. The Balaban J connectivity index is 1.91. The molecule has 23 heavy (non-hydrogen) atoms. The molecular weight excluding hydrogens is 286 g/mol. The molecule has 0 fully saturated rings. The van der Waals surface area contributed by atoms with Crippen molar-refractivity contribution >= 4 is 22.8 Å². The highest BCUT2D eigenvalue weighted by molar-refractivity contribution is 6.19. The van der Waals surface area contributed by atoms with E-state index in [1.165, 1.54) is 0 Å². The number of aromatic amines is 1. The molecule has 1 N–H and O–H groups in total. The molecule has 0 atom stereocenters. The Labute approximate surface area is 134 Å². The monoisotopic (exact) mass is 305 g/mol. The molecule has 0 unspecified atom stereocenters. The number of nitrogens with one attached hydrogen (secondary N) is 1. The minimum absolute atomic E-state index is 0.150. The molecule has 0 aliphatic heterocycles. The number of para-hydroxylation sites is 1. The van der Waals surface area contributed by atoms with Crippen LogP contribution in [0.25, 0.3) is 17.0 Å². The maximum Gasteiger partial charge on any atom is 0.191 e. The van der Waals surface area contributed by atoms with Crippen LogP contribution in [0.2, 0.25) is 0 Å². The molecule has 4 rings (SSSR count). The minimum atomic E-state index is 0.150. The van der Waals surface area contributed by atoms with Gasteiger partial charge in [-0.15, -0.1) is 0 Å². The summed E-state index contributed by atoms with van der Waals surface area (Å²) in [6.07, 6.45) is 6.34. The van der Waals surface area contributed by atoms with Crippen LogP contribution in [0, 0.1) is 6.92 Å². The number of aryl methyl sites for hydroxylation is 2. The van der Waals surface area contributed by atoms with Crippen molar-refractivity contribution in [2.24, 2.45) is 7.05 Å². The summed E-state index contributed by atoms with van der Waals surface area (Å²) in [4.78, 5) is 20.6. The molecule has 0 spiro atoms. The summed E-state index contributed by atoms with van der Waals surface area (Å²) in [6.45, 7) is 1.98. The van der Waals surface area contributed by atoms with Crippen LogP contribution in [0.5, 0.6) is 0 Å². The topological polar surface area (TPSA) is 50.7 Å². The van der Waals surface area contributed by atoms with Crippen LogP contribution in [0.4, 0.5) is 0 Å². The molecule has 0 saturated heterocycles. The van der Waals surface area contributed by atoms with Crippen molar-refractivity contribution in [1.82, 2.24) is 14.5 Å². The first-order valence-electron chi connectivity index (χ1n) is 7.98. The van der Waals surface area contributed by atoms with Crippen molar-refractivity contribution < 1.29 is 4.79 Å². The standard InChI is InChI=1S/C19H19N3O/c1-12-15(21-11-20-12)10-13-6-5-9-17-18(19(13)23)14-7-3-4-8-16(14)22(17)2/h3-4,7-8,10-11H,5-6,9H2,1-2H3,(H,20,21)/b13-10-. The molecule has 116 valence electrons. The Morgan fingerprint density at radius 3 is 2.87 bits per heavy atom. The number of hydrogen-bond donors (Lipinski definition) is 1. The van der Waals surface area contributed by atoms with Crippen molar-refractivity contribution in [2.75, 3.05) is 0 Å². The molecule has 1 aliphatic carbocycles. The summed E-state index contributed by atoms with van der Waals surface area (Å²) in [5.74, 6) is 0.150. The van der Waals surface area contributed by atoms with E-state index in [0.717, 1.165) is 58.4 Å². The highest BCUT2D eigenvalue weighted by Gasteiger charge is 2.26. The number of H-pyrrole nitrogens is 1. The van der Waals surface area contributed by atoms with Crippen LogP contribution in [-0.2, 0) is 13.5 Å². The van der Waals surface area contributed by atoms with Gasteiger partial charge in [0, 0.05) is 34.9 Å². The Bertz CT molecular complexity index is 943. The molecule has 2 heterocycles. The number of Topliss-reactive ketones (excluding diaryl/α,β-unsaturated/α-hetero) is 1. The van der Waals surface area contributed by atoms with Crippen LogP contribution >= 0.6 is 0 Å². The molecule has 4 nitrogen and oxygen atoms in total. The van der Waals surface area contributed by atoms with E-state index in [9.17, 15) is 4.79 Å². The van der Waals surface area contributed by atoms with Gasteiger partial charge < -0.3 is 9.55 Å². The van der Waals surface area contributed by atoms with Crippen LogP contribution < -0.4 is 0 Å². The summed E-state index contributed by atoms with van der Waals surface area (Å²) in [7, 11) is 2.06. The first-order valence-corrected chi connectivity index (χ1v) is 7.98. The van der Waals surface area contributed by atoms with Crippen LogP contribution in [-0.4, -0.2) is 20.3 Å². The molecule has 1 aromatic carbocycles. The Hall–Kier alpha value is -2.62. The quantitative estimate of drug-likeness (QED) is 0.549. The first kappa shape index (κ1) is 14.0. The van der Waals surface area contributed by atoms with Gasteiger partial charge in [-0.3, -0.25) is 4.79 Å². The number of imidazole rings is 1. The summed E-state index contributed by atoms with van der Waals surface area (Å²) in [5, 5.41) is 1.06. The zero-order valence-corrected chi connectivity index (χ0v) is 13.4. The van der Waals surface area contributed by atoms with E-state index < -0.39 is 0 Å². The maximum atomic E-state index is 13.2. The van der Waals surface area contributed by atoms with Gasteiger partial charge in [0.05, 0.1) is 17.6 Å². The zero-order valence-electron chi connectivity index (χ0n) is 13.4. The average molecular weight is 305 g/mol. The average Bonchev–Trinajstić information content (AvgIpc) is 3.02. The van der Waals surface area contributed by atoms with Crippen LogP contribution in [0.15, 0.2) is 36.2 Å². The Kier molecular flexibility index (Phi) is 3.18. The van der Waals surface area contributed by atoms with Crippen LogP contribution in [0.3, 0.4) is 0 Å². The number of carbonyl (C=O) groups is 1. The number of allylic oxidation sites excluding steroid dienone is 1. The van der Waals surface area contributed by atoms with E-state index in [-0.39, 0.29) is 5.78 Å². The molecule has 0 saturated carbocycles. The predicted octanol–water partition coefficient (Wildman–Crippen LogP) is 3.81. The van der Waals surface area contributed by atoms with Gasteiger partial charge in [-0.05, 0) is 38.3 Å². The van der Waals surface area contributed by atoms with Crippen molar-refractivity contribution in [3.8, 4) is 0 Å².